The molecule has 12 nitrogen and oxygen atoms in total. The molecule has 1 aliphatic rings. The van der Waals surface area contributed by atoms with Gasteiger partial charge >= 0.3 is 5.97 Å². The number of carboxylic acids is 1. The molecule has 0 unspecified atom stereocenters. The second kappa shape index (κ2) is 15.5. The monoisotopic (exact) mass is 652 g/mol. The molecule has 13 heteroatoms. The van der Waals surface area contributed by atoms with Crippen LogP contribution in [0, 0.1) is 18.3 Å². The molecule has 46 heavy (non-hydrogen) atoms. The third-order valence-electron chi connectivity index (χ3n) is 8.32. The maximum Gasteiger partial charge on any atom is 0.303 e. The largest absolute Gasteiger partial charge is 0.481 e. The predicted octanol–water partition coefficient (Wildman–Crippen LogP) is 3.80. The fourth-order valence-electron chi connectivity index (χ4n) is 5.68. The van der Waals surface area contributed by atoms with Gasteiger partial charge in [-0.3, -0.25) is 23.9 Å². The lowest BCUT2D eigenvalue weighted by Crippen LogP contribution is -2.50. The van der Waals surface area contributed by atoms with Crippen molar-refractivity contribution in [2.45, 2.75) is 97.9 Å². The van der Waals surface area contributed by atoms with Gasteiger partial charge in [-0.1, -0.05) is 50.3 Å². The fraction of sp³-hybridized carbons (Fsp3) is 0.545. The van der Waals surface area contributed by atoms with E-state index in [1.165, 1.54) is 4.90 Å². The zero-order valence-electron chi connectivity index (χ0n) is 26.9. The van der Waals surface area contributed by atoms with E-state index in [2.05, 4.69) is 20.6 Å². The highest BCUT2D eigenvalue weighted by Gasteiger charge is 2.44. The number of aromatic nitrogens is 4. The topological polar surface area (TPSA) is 168 Å². The van der Waals surface area contributed by atoms with Crippen LogP contribution < -0.4 is 5.32 Å². The van der Waals surface area contributed by atoms with Crippen molar-refractivity contribution < 1.29 is 29.4 Å². The Kier molecular flexibility index (Phi) is 11.8. The minimum Gasteiger partial charge on any atom is -0.481 e. The lowest BCUT2D eigenvalue weighted by molar-refractivity contribution is -0.146. The van der Waals surface area contributed by atoms with Gasteiger partial charge in [-0.25, -0.2) is 4.98 Å². The number of aliphatic hydroxyl groups is 1. The van der Waals surface area contributed by atoms with Crippen LogP contribution in [0.3, 0.4) is 0 Å². The fourth-order valence-corrected chi connectivity index (χ4v) is 6.49. The summed E-state index contributed by atoms with van der Waals surface area (Å²) in [7, 11) is 0. The standard InChI is InChI=1S/C33H44N6O6S/c1-21-30(46-20-35-21)23-12-10-22(11-13-23)17-34-31(44)28-16-26(41)19-39(28)32(45)27(33(2,3)4)15-25(40)8-6-14-38-18-24(36-37-38)7-5-9-29(42)43/h10-13,18,20,26-28,41H,5-9,14-17,19H2,1-4H3,(H,34,44)(H,42,43)/t26-,27-,28+/m1/s1. The Morgan fingerprint density at radius 1 is 1.11 bits per heavy atom. The first kappa shape index (κ1) is 34.9. The van der Waals surface area contributed by atoms with Crippen LogP contribution in [-0.2, 0) is 38.7 Å². The van der Waals surface area contributed by atoms with Crippen molar-refractivity contribution in [3.8, 4) is 10.4 Å². The molecule has 0 saturated carbocycles. The molecule has 1 aliphatic heterocycles. The van der Waals surface area contributed by atoms with Crippen molar-refractivity contribution in [2.75, 3.05) is 6.54 Å². The number of likely N-dealkylation sites (tertiary alicyclic amines) is 1. The first-order valence-corrected chi connectivity index (χ1v) is 16.6. The molecule has 0 radical (unpaired) electrons. The molecule has 4 rings (SSSR count). The first-order chi connectivity index (χ1) is 21.8. The van der Waals surface area contributed by atoms with Crippen molar-refractivity contribution in [2.24, 2.45) is 11.3 Å². The molecule has 0 bridgehead atoms. The van der Waals surface area contributed by atoms with Crippen molar-refractivity contribution in [3.63, 3.8) is 0 Å². The number of amides is 2. The minimum atomic E-state index is -0.849. The van der Waals surface area contributed by atoms with Crippen molar-refractivity contribution in [1.29, 1.82) is 0 Å². The number of benzene rings is 1. The molecule has 0 aliphatic carbocycles. The molecule has 0 spiro atoms. The number of nitrogens with zero attached hydrogens (tertiary/aromatic N) is 5. The maximum absolute atomic E-state index is 13.9. The lowest BCUT2D eigenvalue weighted by Gasteiger charge is -2.34. The third kappa shape index (κ3) is 9.52. The third-order valence-corrected chi connectivity index (χ3v) is 9.30. The average molecular weight is 653 g/mol. The van der Waals surface area contributed by atoms with Gasteiger partial charge in [-0.15, -0.1) is 16.4 Å². The van der Waals surface area contributed by atoms with Gasteiger partial charge in [0.05, 0.1) is 27.9 Å². The Morgan fingerprint density at radius 3 is 2.50 bits per heavy atom. The van der Waals surface area contributed by atoms with Gasteiger partial charge in [0, 0.05) is 57.4 Å². The van der Waals surface area contributed by atoms with Crippen molar-refractivity contribution in [1.82, 2.24) is 30.2 Å². The van der Waals surface area contributed by atoms with Crippen LogP contribution in [-0.4, -0.2) is 77.3 Å². The van der Waals surface area contributed by atoms with Gasteiger partial charge in [-0.2, -0.15) is 0 Å². The number of aliphatic hydroxyl groups excluding tert-OH is 1. The Balaban J connectivity index is 1.30. The molecule has 3 N–H and O–H groups in total. The lowest BCUT2D eigenvalue weighted by atomic mass is 9.76. The number of hydrogen-bond acceptors (Lipinski definition) is 9. The first-order valence-electron chi connectivity index (χ1n) is 15.7. The molecule has 2 amide bonds. The number of nitrogens with one attached hydrogen (secondary N) is 1. The van der Waals surface area contributed by atoms with Crippen LogP contribution in [0.2, 0.25) is 0 Å². The molecular weight excluding hydrogens is 608 g/mol. The SMILES string of the molecule is Cc1ncsc1-c1ccc(CNC(=O)[C@@H]2C[C@@H](O)CN2C(=O)[C@@H](CC(=O)CCCn2cc(CCCC(=O)O)nn2)C(C)(C)C)cc1. The van der Waals surface area contributed by atoms with E-state index in [1.54, 1.807) is 22.2 Å². The van der Waals surface area contributed by atoms with E-state index < -0.39 is 29.4 Å². The summed E-state index contributed by atoms with van der Waals surface area (Å²) in [6, 6.07) is 7.07. The maximum atomic E-state index is 13.9. The van der Waals surface area contributed by atoms with E-state index in [0.29, 0.717) is 31.5 Å². The zero-order valence-corrected chi connectivity index (χ0v) is 27.8. The Morgan fingerprint density at radius 2 is 1.85 bits per heavy atom. The number of carbonyl (C=O) groups excluding carboxylic acids is 3. The summed E-state index contributed by atoms with van der Waals surface area (Å²) >= 11 is 1.58. The van der Waals surface area contributed by atoms with E-state index in [9.17, 15) is 24.3 Å². The molecule has 1 saturated heterocycles. The van der Waals surface area contributed by atoms with Gasteiger partial charge in [0.25, 0.3) is 0 Å². The van der Waals surface area contributed by atoms with Gasteiger partial charge in [0.15, 0.2) is 0 Å². The van der Waals surface area contributed by atoms with Crippen LogP contribution in [0.25, 0.3) is 10.4 Å². The number of β-amino-alcohol motifs (C(OH)–C–C–N with tert-alkyl or cyclic N) is 1. The molecule has 1 fully saturated rings. The quantitative estimate of drug-likeness (QED) is 0.221. The van der Waals surface area contributed by atoms with Crippen LogP contribution in [0.5, 0.6) is 0 Å². The van der Waals surface area contributed by atoms with E-state index in [0.717, 1.165) is 21.7 Å². The zero-order chi connectivity index (χ0) is 33.4. The van der Waals surface area contributed by atoms with E-state index in [4.69, 9.17) is 5.11 Å². The van der Waals surface area contributed by atoms with Crippen LogP contribution in [0.4, 0.5) is 0 Å². The molecule has 3 aromatic rings. The highest BCUT2D eigenvalue weighted by molar-refractivity contribution is 7.13. The number of carboxylic acid groups (broad SMARTS) is 1. The number of hydrogen-bond donors (Lipinski definition) is 3. The van der Waals surface area contributed by atoms with Crippen LogP contribution in [0.15, 0.2) is 36.0 Å². The number of ketones is 1. The summed E-state index contributed by atoms with van der Waals surface area (Å²) in [5.74, 6) is -2.20. The molecule has 3 atom stereocenters. The summed E-state index contributed by atoms with van der Waals surface area (Å²) in [6.45, 7) is 8.48. The summed E-state index contributed by atoms with van der Waals surface area (Å²) < 4.78 is 1.64. The second-order valence-corrected chi connectivity index (χ2v) is 13.9. The van der Waals surface area contributed by atoms with Gasteiger partial charge in [-0.05, 0) is 42.7 Å². The van der Waals surface area contributed by atoms with E-state index in [1.807, 2.05) is 57.5 Å². The molecule has 1 aromatic carbocycles. The summed E-state index contributed by atoms with van der Waals surface area (Å²) in [6.07, 6.45) is 2.95. The van der Waals surface area contributed by atoms with Crippen LogP contribution >= 0.6 is 11.3 Å². The molecular formula is C33H44N6O6S. The minimum absolute atomic E-state index is 0.0344. The summed E-state index contributed by atoms with van der Waals surface area (Å²) in [5, 5.41) is 30.3. The Labute approximate surface area is 273 Å². The highest BCUT2D eigenvalue weighted by Crippen LogP contribution is 2.34. The molecule has 248 valence electrons. The normalized spacial score (nSPS) is 17.2. The van der Waals surface area contributed by atoms with Crippen LogP contribution in [0.1, 0.15) is 76.2 Å². The number of aryl methyl sites for hydroxylation is 3. The number of Topliss-reactive ketones (excluding diaryl/α,β-unsaturated/α-hetero) is 1. The Bertz CT molecular complexity index is 1510. The van der Waals surface area contributed by atoms with Gasteiger partial charge in [0.1, 0.15) is 11.8 Å². The van der Waals surface area contributed by atoms with Crippen molar-refractivity contribution >= 4 is 34.9 Å². The van der Waals surface area contributed by atoms with E-state index in [-0.39, 0.29) is 56.4 Å². The number of thiazole rings is 1. The number of carbonyl (C=O) groups is 4. The predicted molar refractivity (Wildman–Crippen MR) is 173 cm³/mol. The van der Waals surface area contributed by atoms with Gasteiger partial charge in [0.2, 0.25) is 11.8 Å². The number of aliphatic carboxylic acids is 1. The second-order valence-electron chi connectivity index (χ2n) is 13.1. The summed E-state index contributed by atoms with van der Waals surface area (Å²) in [4.78, 5) is 57.8. The van der Waals surface area contributed by atoms with Gasteiger partial charge < -0.3 is 20.4 Å². The Hall–Kier alpha value is -3.97. The molecule has 3 heterocycles. The molecule has 2 aromatic heterocycles. The summed E-state index contributed by atoms with van der Waals surface area (Å²) in [5.41, 5.74) is 4.92. The van der Waals surface area contributed by atoms with E-state index >= 15 is 0 Å². The highest BCUT2D eigenvalue weighted by atomic mass is 32.1. The average Bonchev–Trinajstić information content (AvgIpc) is 3.74. The number of rotatable bonds is 15. The van der Waals surface area contributed by atoms with Crippen molar-refractivity contribution in [3.05, 3.63) is 52.9 Å². The smallest absolute Gasteiger partial charge is 0.303 e.